The summed E-state index contributed by atoms with van der Waals surface area (Å²) in [7, 11) is 1.88. The topological polar surface area (TPSA) is 60.8 Å². The van der Waals surface area contributed by atoms with Crippen molar-refractivity contribution in [2.45, 2.75) is 25.9 Å². The van der Waals surface area contributed by atoms with Crippen LogP contribution in [-0.4, -0.2) is 46.8 Å². The summed E-state index contributed by atoms with van der Waals surface area (Å²) in [5.41, 5.74) is -2.16. The number of aliphatic hydroxyl groups is 1. The molecule has 1 aliphatic rings. The molecule has 1 heterocycles. The summed E-state index contributed by atoms with van der Waals surface area (Å²) in [5.74, 6) is -0.940. The number of rotatable bonds is 2. The average Bonchev–Trinajstić information content (AvgIpc) is 2.32. The molecule has 1 aliphatic heterocycles. The van der Waals surface area contributed by atoms with E-state index in [9.17, 15) is 9.90 Å². The summed E-state index contributed by atoms with van der Waals surface area (Å²) in [6.45, 7) is 4.35. The molecule has 4 heteroatoms. The van der Waals surface area contributed by atoms with Crippen molar-refractivity contribution < 1.29 is 15.0 Å². The monoisotopic (exact) mass is 187 g/mol. The van der Waals surface area contributed by atoms with E-state index < -0.39 is 17.0 Å². The summed E-state index contributed by atoms with van der Waals surface area (Å²) in [6.07, 6.45) is 0.531. The summed E-state index contributed by atoms with van der Waals surface area (Å²) in [4.78, 5) is 12.9. The second-order valence-electron chi connectivity index (χ2n) is 4.45. The molecule has 4 nitrogen and oxygen atoms in total. The quantitative estimate of drug-likeness (QED) is 0.646. The molecule has 1 saturated heterocycles. The van der Waals surface area contributed by atoms with Crippen LogP contribution in [0.1, 0.15) is 20.3 Å². The minimum atomic E-state index is -1.09. The summed E-state index contributed by atoms with van der Waals surface area (Å²) in [5, 5.41) is 19.1. The molecular weight excluding hydrogens is 170 g/mol. The van der Waals surface area contributed by atoms with Crippen LogP contribution in [0.15, 0.2) is 0 Å². The van der Waals surface area contributed by atoms with Gasteiger partial charge in [0.05, 0.1) is 11.0 Å². The molecule has 1 atom stereocenters. The molecule has 1 unspecified atom stereocenters. The number of carbonyl (C=O) groups is 1. The zero-order valence-corrected chi connectivity index (χ0v) is 8.37. The van der Waals surface area contributed by atoms with Crippen LogP contribution in [0.3, 0.4) is 0 Å². The highest BCUT2D eigenvalue weighted by Crippen LogP contribution is 2.38. The van der Waals surface area contributed by atoms with Gasteiger partial charge in [-0.2, -0.15) is 0 Å². The van der Waals surface area contributed by atoms with Crippen molar-refractivity contribution in [2.75, 3.05) is 20.1 Å². The molecule has 0 aromatic carbocycles. The van der Waals surface area contributed by atoms with E-state index in [0.717, 1.165) is 6.54 Å². The highest BCUT2D eigenvalue weighted by Gasteiger charge is 2.51. The summed E-state index contributed by atoms with van der Waals surface area (Å²) in [6, 6.07) is 0. The first kappa shape index (κ1) is 10.5. The van der Waals surface area contributed by atoms with Gasteiger partial charge in [0.15, 0.2) is 0 Å². The fourth-order valence-electron chi connectivity index (χ4n) is 1.69. The third-order valence-corrected chi connectivity index (χ3v) is 3.14. The van der Waals surface area contributed by atoms with Gasteiger partial charge < -0.3 is 15.1 Å². The van der Waals surface area contributed by atoms with Gasteiger partial charge in [0, 0.05) is 13.1 Å². The fraction of sp³-hybridized carbons (Fsp3) is 0.889. The molecule has 0 spiro atoms. The molecule has 76 valence electrons. The third kappa shape index (κ3) is 1.56. The van der Waals surface area contributed by atoms with E-state index in [4.69, 9.17) is 5.11 Å². The minimum absolute atomic E-state index is 0.437. The summed E-state index contributed by atoms with van der Waals surface area (Å²) < 4.78 is 0. The van der Waals surface area contributed by atoms with Crippen molar-refractivity contribution in [2.24, 2.45) is 5.41 Å². The Morgan fingerprint density at radius 3 is 2.38 bits per heavy atom. The number of carboxylic acid groups (broad SMARTS) is 1. The van der Waals surface area contributed by atoms with Gasteiger partial charge in [-0.3, -0.25) is 4.79 Å². The second-order valence-corrected chi connectivity index (χ2v) is 4.45. The maximum atomic E-state index is 10.9. The van der Waals surface area contributed by atoms with Gasteiger partial charge in [-0.05, 0) is 27.3 Å². The zero-order chi connectivity index (χ0) is 10.3. The van der Waals surface area contributed by atoms with Gasteiger partial charge in [-0.15, -0.1) is 0 Å². The van der Waals surface area contributed by atoms with Crippen LogP contribution in [0.2, 0.25) is 0 Å². The normalized spacial score (nSPS) is 30.8. The molecular formula is C9H17NO3. The van der Waals surface area contributed by atoms with Crippen molar-refractivity contribution in [3.05, 3.63) is 0 Å². The Balaban J connectivity index is 2.86. The van der Waals surface area contributed by atoms with Gasteiger partial charge in [0.2, 0.25) is 0 Å². The average molecular weight is 187 g/mol. The Morgan fingerprint density at radius 1 is 1.54 bits per heavy atom. The Kier molecular flexibility index (Phi) is 2.38. The second kappa shape index (κ2) is 2.96. The fourth-order valence-corrected chi connectivity index (χ4v) is 1.69. The van der Waals surface area contributed by atoms with Crippen molar-refractivity contribution >= 4 is 5.97 Å². The lowest BCUT2D eigenvalue weighted by atomic mass is 9.74. The Morgan fingerprint density at radius 2 is 2.08 bits per heavy atom. The van der Waals surface area contributed by atoms with Gasteiger partial charge in [0.1, 0.15) is 0 Å². The third-order valence-electron chi connectivity index (χ3n) is 3.14. The Bertz CT molecular complexity index is 227. The largest absolute Gasteiger partial charge is 0.481 e. The molecule has 2 N–H and O–H groups in total. The first-order valence-corrected chi connectivity index (χ1v) is 4.44. The lowest BCUT2D eigenvalue weighted by Gasteiger charge is -2.36. The number of aliphatic carboxylic acids is 1. The van der Waals surface area contributed by atoms with Crippen molar-refractivity contribution in [1.29, 1.82) is 0 Å². The first-order valence-electron chi connectivity index (χ1n) is 4.44. The maximum absolute atomic E-state index is 10.9. The Hall–Kier alpha value is -0.610. The van der Waals surface area contributed by atoms with Crippen LogP contribution in [-0.2, 0) is 4.79 Å². The van der Waals surface area contributed by atoms with Crippen LogP contribution < -0.4 is 0 Å². The smallest absolute Gasteiger partial charge is 0.312 e. The van der Waals surface area contributed by atoms with Crippen molar-refractivity contribution in [1.82, 2.24) is 4.90 Å². The van der Waals surface area contributed by atoms with Crippen LogP contribution in [0, 0.1) is 5.41 Å². The molecule has 0 bridgehead atoms. The Labute approximate surface area is 78.2 Å². The van der Waals surface area contributed by atoms with Crippen molar-refractivity contribution in [3.63, 3.8) is 0 Å². The van der Waals surface area contributed by atoms with E-state index in [-0.39, 0.29) is 0 Å². The van der Waals surface area contributed by atoms with E-state index >= 15 is 0 Å². The van der Waals surface area contributed by atoms with Crippen LogP contribution in [0.5, 0.6) is 0 Å². The standard InChI is InChI=1S/C9H17NO3/c1-8(2,7(11)12)9(13)4-5-10(3)6-9/h13H,4-6H2,1-3H3,(H,11,12). The van der Waals surface area contributed by atoms with Gasteiger partial charge >= 0.3 is 5.97 Å². The molecule has 1 rings (SSSR count). The zero-order valence-electron chi connectivity index (χ0n) is 8.37. The maximum Gasteiger partial charge on any atom is 0.312 e. The van der Waals surface area contributed by atoms with Gasteiger partial charge in [-0.25, -0.2) is 0 Å². The predicted octanol–water partition coefficient (Wildman–Crippen LogP) is 0.164. The number of likely N-dealkylation sites (N-methyl/N-ethyl adjacent to an activating group) is 1. The molecule has 0 aliphatic carbocycles. The van der Waals surface area contributed by atoms with Crippen LogP contribution in [0.4, 0.5) is 0 Å². The number of β-amino-alcohol motifs (C(OH)–C–C–N with tert-alkyl or cyclic N) is 1. The number of likely N-dealkylation sites (tertiary alicyclic amines) is 1. The van der Waals surface area contributed by atoms with E-state index in [1.165, 1.54) is 0 Å². The molecule has 0 amide bonds. The lowest BCUT2D eigenvalue weighted by molar-refractivity contribution is -0.163. The van der Waals surface area contributed by atoms with E-state index in [1.54, 1.807) is 13.8 Å². The number of hydrogen-bond donors (Lipinski definition) is 2. The van der Waals surface area contributed by atoms with E-state index in [1.807, 2.05) is 11.9 Å². The van der Waals surface area contributed by atoms with E-state index in [2.05, 4.69) is 0 Å². The van der Waals surface area contributed by atoms with Crippen molar-refractivity contribution in [3.8, 4) is 0 Å². The highest BCUT2D eigenvalue weighted by molar-refractivity contribution is 5.75. The number of hydrogen-bond acceptors (Lipinski definition) is 3. The van der Waals surface area contributed by atoms with E-state index in [0.29, 0.717) is 13.0 Å². The molecule has 1 fully saturated rings. The van der Waals surface area contributed by atoms with Crippen LogP contribution in [0.25, 0.3) is 0 Å². The van der Waals surface area contributed by atoms with Gasteiger partial charge in [0.25, 0.3) is 0 Å². The lowest BCUT2D eigenvalue weighted by Crippen LogP contribution is -2.51. The molecule has 0 aromatic heterocycles. The molecule has 13 heavy (non-hydrogen) atoms. The first-order chi connectivity index (χ1) is 5.79. The number of nitrogens with zero attached hydrogens (tertiary/aromatic N) is 1. The molecule has 0 radical (unpaired) electrons. The van der Waals surface area contributed by atoms with Crippen LogP contribution >= 0.6 is 0 Å². The van der Waals surface area contributed by atoms with Gasteiger partial charge in [-0.1, -0.05) is 0 Å². The molecule has 0 aromatic rings. The SMILES string of the molecule is CN1CCC(O)(C(C)(C)C(=O)O)C1. The summed E-state index contributed by atoms with van der Waals surface area (Å²) >= 11 is 0. The molecule has 0 saturated carbocycles. The highest BCUT2D eigenvalue weighted by atomic mass is 16.4. The minimum Gasteiger partial charge on any atom is -0.481 e. The predicted molar refractivity (Wildman–Crippen MR) is 48.5 cm³/mol. The number of carboxylic acids is 1.